The highest BCUT2D eigenvalue weighted by Gasteiger charge is 2.10. The molecule has 0 atom stereocenters. The third-order valence-electron chi connectivity index (χ3n) is 4.99. The highest BCUT2D eigenvalue weighted by Crippen LogP contribution is 2.28. The highest BCUT2D eigenvalue weighted by molar-refractivity contribution is 5.75. The molecule has 5 nitrogen and oxygen atoms in total. The Bertz CT molecular complexity index is 1290. The van der Waals surface area contributed by atoms with E-state index in [1.807, 2.05) is 42.5 Å². The molecule has 2 heterocycles. The highest BCUT2D eigenvalue weighted by atomic mass is 14.9. The van der Waals surface area contributed by atoms with Gasteiger partial charge in [-0.3, -0.25) is 0 Å². The summed E-state index contributed by atoms with van der Waals surface area (Å²) in [7, 11) is 0. The van der Waals surface area contributed by atoms with Gasteiger partial charge in [0, 0.05) is 24.4 Å². The number of para-hydroxylation sites is 2. The first-order chi connectivity index (χ1) is 14.3. The summed E-state index contributed by atoms with van der Waals surface area (Å²) in [5, 5.41) is 9.41. The zero-order valence-corrected chi connectivity index (χ0v) is 15.6. The largest absolute Gasteiger partial charge is 0.345 e. The Balaban J connectivity index is 1.43. The predicted molar refractivity (Wildman–Crippen MR) is 113 cm³/mol. The van der Waals surface area contributed by atoms with Gasteiger partial charge in [-0.2, -0.15) is 5.26 Å². The van der Waals surface area contributed by atoms with E-state index in [0.717, 1.165) is 40.0 Å². The maximum absolute atomic E-state index is 9.41. The van der Waals surface area contributed by atoms with Crippen LogP contribution in [0.1, 0.15) is 17.0 Å². The number of nitrogens with zero attached hydrogens (tertiary/aromatic N) is 3. The van der Waals surface area contributed by atoms with E-state index >= 15 is 0 Å². The molecule has 0 fully saturated rings. The fraction of sp³-hybridized carbons (Fsp3) is 0.0417. The molecule has 0 saturated heterocycles. The molecule has 0 aliphatic rings. The number of fused-ring (bicyclic) bond motifs is 1. The van der Waals surface area contributed by atoms with Crippen molar-refractivity contribution in [3.8, 4) is 28.6 Å². The van der Waals surface area contributed by atoms with Crippen LogP contribution in [0.25, 0.3) is 33.5 Å². The number of imidazole rings is 2. The Hall–Kier alpha value is -4.17. The molecule has 0 bridgehead atoms. The molecule has 5 rings (SSSR count). The van der Waals surface area contributed by atoms with Crippen LogP contribution in [0.2, 0.25) is 0 Å². The van der Waals surface area contributed by atoms with Crippen molar-refractivity contribution in [1.29, 1.82) is 5.26 Å². The van der Waals surface area contributed by atoms with Crippen molar-refractivity contribution in [1.82, 2.24) is 19.9 Å². The summed E-state index contributed by atoms with van der Waals surface area (Å²) in [6, 6.07) is 24.6. The van der Waals surface area contributed by atoms with Gasteiger partial charge in [0.25, 0.3) is 0 Å². The van der Waals surface area contributed by atoms with E-state index in [-0.39, 0.29) is 0 Å². The number of rotatable bonds is 4. The van der Waals surface area contributed by atoms with Gasteiger partial charge in [-0.15, -0.1) is 0 Å². The van der Waals surface area contributed by atoms with E-state index in [2.05, 4.69) is 50.3 Å². The summed E-state index contributed by atoms with van der Waals surface area (Å²) >= 11 is 0. The van der Waals surface area contributed by atoms with Gasteiger partial charge in [-0.25, -0.2) is 9.97 Å². The molecule has 0 aliphatic carbocycles. The van der Waals surface area contributed by atoms with Crippen LogP contribution in [0, 0.1) is 11.3 Å². The third-order valence-corrected chi connectivity index (χ3v) is 4.99. The van der Waals surface area contributed by atoms with E-state index in [9.17, 15) is 5.26 Å². The molecule has 2 N–H and O–H groups in total. The molecule has 0 unspecified atom stereocenters. The second-order valence-corrected chi connectivity index (χ2v) is 6.88. The summed E-state index contributed by atoms with van der Waals surface area (Å²) in [6.07, 6.45) is 4.20. The third kappa shape index (κ3) is 3.28. The van der Waals surface area contributed by atoms with Gasteiger partial charge in [-0.1, -0.05) is 42.5 Å². The summed E-state index contributed by atoms with van der Waals surface area (Å²) in [4.78, 5) is 15.4. The van der Waals surface area contributed by atoms with E-state index in [1.165, 1.54) is 5.56 Å². The molecule has 0 aliphatic heterocycles. The molecule has 2 aromatic heterocycles. The molecule has 5 aromatic rings. The van der Waals surface area contributed by atoms with Crippen LogP contribution in [0.5, 0.6) is 0 Å². The van der Waals surface area contributed by atoms with Crippen molar-refractivity contribution >= 4 is 11.0 Å². The molecule has 5 heteroatoms. The molecule has 3 aromatic carbocycles. The van der Waals surface area contributed by atoms with E-state index in [1.54, 1.807) is 12.4 Å². The second-order valence-electron chi connectivity index (χ2n) is 6.88. The first kappa shape index (κ1) is 17.0. The van der Waals surface area contributed by atoms with Crippen molar-refractivity contribution < 1.29 is 0 Å². The van der Waals surface area contributed by atoms with Gasteiger partial charge < -0.3 is 9.97 Å². The fourth-order valence-corrected chi connectivity index (χ4v) is 3.53. The van der Waals surface area contributed by atoms with Crippen LogP contribution >= 0.6 is 0 Å². The summed E-state index contributed by atoms with van der Waals surface area (Å²) in [5.41, 5.74) is 6.78. The number of aromatic nitrogens is 4. The van der Waals surface area contributed by atoms with E-state index in [4.69, 9.17) is 0 Å². The normalized spacial score (nSPS) is 10.9. The van der Waals surface area contributed by atoms with Crippen molar-refractivity contribution in [3.63, 3.8) is 0 Å². The first-order valence-electron chi connectivity index (χ1n) is 9.37. The molecule has 0 spiro atoms. The minimum atomic E-state index is 0.602. The van der Waals surface area contributed by atoms with Gasteiger partial charge in [0.1, 0.15) is 11.6 Å². The number of hydrogen-bond acceptors (Lipinski definition) is 3. The van der Waals surface area contributed by atoms with E-state index < -0.39 is 0 Å². The quantitative estimate of drug-likeness (QED) is 0.459. The monoisotopic (exact) mass is 375 g/mol. The Labute approximate surface area is 167 Å². The topological polar surface area (TPSA) is 81.2 Å². The molecule has 0 amide bonds. The smallest absolute Gasteiger partial charge is 0.138 e. The summed E-state index contributed by atoms with van der Waals surface area (Å²) in [5.74, 6) is 1.65. The average Bonchev–Trinajstić information content (AvgIpc) is 3.43. The van der Waals surface area contributed by atoms with Gasteiger partial charge in [0.15, 0.2) is 0 Å². The van der Waals surface area contributed by atoms with Gasteiger partial charge in [0.05, 0.1) is 22.7 Å². The zero-order chi connectivity index (χ0) is 19.6. The van der Waals surface area contributed by atoms with Crippen LogP contribution in [0.15, 0.2) is 79.1 Å². The number of nitriles is 1. The van der Waals surface area contributed by atoms with Crippen LogP contribution in [0.4, 0.5) is 0 Å². The average molecular weight is 375 g/mol. The first-order valence-corrected chi connectivity index (χ1v) is 9.37. The van der Waals surface area contributed by atoms with Crippen LogP contribution in [-0.4, -0.2) is 19.9 Å². The number of H-pyrrole nitrogens is 2. The van der Waals surface area contributed by atoms with Crippen molar-refractivity contribution in [2.24, 2.45) is 0 Å². The number of hydrogen-bond donors (Lipinski definition) is 2. The maximum Gasteiger partial charge on any atom is 0.138 e. The summed E-state index contributed by atoms with van der Waals surface area (Å²) < 4.78 is 0. The van der Waals surface area contributed by atoms with Gasteiger partial charge in [-0.05, 0) is 41.0 Å². The molecule has 0 radical (unpaired) electrons. The lowest BCUT2D eigenvalue weighted by molar-refractivity contribution is 1.04. The second kappa shape index (κ2) is 7.10. The molecular formula is C24H17N5. The van der Waals surface area contributed by atoms with Crippen molar-refractivity contribution in [2.45, 2.75) is 6.42 Å². The molecule has 138 valence electrons. The minimum Gasteiger partial charge on any atom is -0.345 e. The SMILES string of the molecule is N#Cc1ccc(-c2ccc(Cc3nc4ccccc4[nH]3)cc2)cc1-c1ncc[nH]1. The number of benzene rings is 3. The van der Waals surface area contributed by atoms with E-state index in [0.29, 0.717) is 11.4 Å². The zero-order valence-electron chi connectivity index (χ0n) is 15.6. The van der Waals surface area contributed by atoms with Crippen molar-refractivity contribution in [2.75, 3.05) is 0 Å². The predicted octanol–water partition coefficient (Wildman–Crippen LogP) is 5.08. The maximum atomic E-state index is 9.41. The van der Waals surface area contributed by atoms with Gasteiger partial charge in [0.2, 0.25) is 0 Å². The molecule has 0 saturated carbocycles. The lowest BCUT2D eigenvalue weighted by Crippen LogP contribution is -1.91. The minimum absolute atomic E-state index is 0.602. The Morgan fingerprint density at radius 3 is 2.52 bits per heavy atom. The van der Waals surface area contributed by atoms with Gasteiger partial charge >= 0.3 is 0 Å². The molecular weight excluding hydrogens is 358 g/mol. The fourth-order valence-electron chi connectivity index (χ4n) is 3.53. The van der Waals surface area contributed by atoms with Crippen LogP contribution in [-0.2, 0) is 6.42 Å². The Kier molecular flexibility index (Phi) is 4.15. The van der Waals surface area contributed by atoms with Crippen LogP contribution < -0.4 is 0 Å². The van der Waals surface area contributed by atoms with Crippen LogP contribution in [0.3, 0.4) is 0 Å². The Morgan fingerprint density at radius 2 is 1.76 bits per heavy atom. The number of nitrogens with one attached hydrogen (secondary N) is 2. The van der Waals surface area contributed by atoms with Crippen molar-refractivity contribution in [3.05, 3.63) is 96.1 Å². The molecule has 29 heavy (non-hydrogen) atoms. The number of aromatic amines is 2. The summed E-state index contributed by atoms with van der Waals surface area (Å²) in [6.45, 7) is 0. The lowest BCUT2D eigenvalue weighted by Gasteiger charge is -2.07. The lowest BCUT2D eigenvalue weighted by atomic mass is 9.98. The standard InChI is InChI=1S/C24H17N5/c25-15-19-10-9-18(14-20(19)24-26-11-12-27-24)17-7-5-16(6-8-17)13-23-28-21-3-1-2-4-22(21)29-23/h1-12,14H,13H2,(H,26,27)(H,28,29). The Morgan fingerprint density at radius 1 is 0.931 bits per heavy atom.